The average molecular weight is 486 g/mol. The van der Waals surface area contributed by atoms with Crippen LogP contribution in [0.15, 0.2) is 116 Å². The summed E-state index contributed by atoms with van der Waals surface area (Å²) in [6, 6.07) is 26.3. The number of fused-ring (bicyclic) bond motifs is 4. The molecule has 0 N–H and O–H groups in total. The van der Waals surface area contributed by atoms with Gasteiger partial charge in [0.15, 0.2) is 0 Å². The third-order valence-corrected chi connectivity index (χ3v) is 6.89. The molecule has 5 nitrogen and oxygen atoms in total. The van der Waals surface area contributed by atoms with E-state index in [2.05, 4.69) is 46.8 Å². The van der Waals surface area contributed by atoms with Crippen LogP contribution in [0.25, 0.3) is 33.3 Å². The Balaban J connectivity index is 1.28. The lowest BCUT2D eigenvalue weighted by Gasteiger charge is -2.29. The smallest absolute Gasteiger partial charge is 0.137 e. The molecule has 180 valence electrons. The van der Waals surface area contributed by atoms with Crippen LogP contribution in [0.2, 0.25) is 0 Å². The van der Waals surface area contributed by atoms with E-state index in [0.29, 0.717) is 11.5 Å². The molecule has 1 atom stereocenters. The number of aryl methyl sites for hydroxylation is 1. The highest BCUT2D eigenvalue weighted by Gasteiger charge is 2.28. The van der Waals surface area contributed by atoms with Crippen LogP contribution in [0.5, 0.6) is 11.5 Å². The first-order valence-electron chi connectivity index (χ1n) is 13.7. The van der Waals surface area contributed by atoms with Gasteiger partial charge in [-0.25, -0.2) is 4.98 Å². The topological polar surface area (TPSA) is 33.5 Å². The number of ether oxygens (including phenoxy) is 1. The number of hydrogen-bond donors (Lipinski definition) is 0. The predicted molar refractivity (Wildman–Crippen MR) is 149 cm³/mol. The molecular formula is C32H26N4O. The van der Waals surface area contributed by atoms with Crippen molar-refractivity contribution in [3.05, 3.63) is 127 Å². The fraction of sp³-hybridized carbons (Fsp3) is 0.0938. The van der Waals surface area contributed by atoms with Crippen LogP contribution >= 0.6 is 0 Å². The van der Waals surface area contributed by atoms with Gasteiger partial charge in [-0.2, -0.15) is 0 Å². The summed E-state index contributed by atoms with van der Waals surface area (Å²) >= 11 is 0. The molecule has 0 fully saturated rings. The van der Waals surface area contributed by atoms with Crippen molar-refractivity contribution in [2.24, 2.45) is 0 Å². The van der Waals surface area contributed by atoms with Crippen molar-refractivity contribution in [2.45, 2.75) is 13.1 Å². The molecule has 2 aliphatic heterocycles. The minimum absolute atomic E-state index is 0.392. The second-order valence-corrected chi connectivity index (χ2v) is 9.32. The number of rotatable bonds is 4. The Morgan fingerprint density at radius 3 is 2.68 bits per heavy atom. The van der Waals surface area contributed by atoms with Gasteiger partial charge in [-0.05, 0) is 67.1 Å². The summed E-state index contributed by atoms with van der Waals surface area (Å²) in [5, 5.41) is 2.27. The molecule has 2 aliphatic rings. The van der Waals surface area contributed by atoms with Crippen LogP contribution in [-0.2, 0) is 0 Å². The molecule has 3 aromatic carbocycles. The maximum absolute atomic E-state index is 7.99. The standard InChI is InChI=1S/C32H26N4O/c1-22-15-16-33-31(18-22)36-28-11-4-3-10-26(28)27-14-13-25(20-29(27)36)37-24-9-7-8-23(19-24)30-21-34(2)32-12-5-6-17-35(30)32/h3-21,32H,1-2H3/i2D3. The number of para-hydroxylation sites is 1. The van der Waals surface area contributed by atoms with Gasteiger partial charge < -0.3 is 14.5 Å². The zero-order valence-electron chi connectivity index (χ0n) is 23.2. The van der Waals surface area contributed by atoms with Gasteiger partial charge in [-0.15, -0.1) is 0 Å². The van der Waals surface area contributed by atoms with Crippen LogP contribution in [0.4, 0.5) is 0 Å². The van der Waals surface area contributed by atoms with E-state index in [9.17, 15) is 0 Å². The molecule has 37 heavy (non-hydrogen) atoms. The van der Waals surface area contributed by atoms with E-state index >= 15 is 0 Å². The van der Waals surface area contributed by atoms with Gasteiger partial charge in [-0.1, -0.05) is 36.4 Å². The van der Waals surface area contributed by atoms with Gasteiger partial charge in [0, 0.05) is 52.1 Å². The van der Waals surface area contributed by atoms with E-state index < -0.39 is 13.1 Å². The van der Waals surface area contributed by atoms with Gasteiger partial charge in [0.25, 0.3) is 0 Å². The highest BCUT2D eigenvalue weighted by atomic mass is 16.5. The third-order valence-electron chi connectivity index (χ3n) is 6.89. The molecule has 5 heteroatoms. The first-order chi connectivity index (χ1) is 19.4. The Morgan fingerprint density at radius 1 is 0.865 bits per heavy atom. The van der Waals surface area contributed by atoms with Crippen LogP contribution in [0, 0.1) is 6.92 Å². The summed E-state index contributed by atoms with van der Waals surface area (Å²) in [6.45, 7) is -0.190. The average Bonchev–Trinajstić information content (AvgIpc) is 3.50. The van der Waals surface area contributed by atoms with E-state index in [1.165, 1.54) is 4.90 Å². The summed E-state index contributed by atoms with van der Waals surface area (Å²) in [7, 11) is 0. The molecule has 0 bridgehead atoms. The monoisotopic (exact) mass is 485 g/mol. The van der Waals surface area contributed by atoms with Crippen LogP contribution in [0.3, 0.4) is 0 Å². The van der Waals surface area contributed by atoms with Crippen LogP contribution in [0.1, 0.15) is 15.2 Å². The fourth-order valence-electron chi connectivity index (χ4n) is 5.19. The van der Waals surface area contributed by atoms with Crippen molar-refractivity contribution in [1.82, 2.24) is 19.4 Å². The van der Waals surface area contributed by atoms with Crippen molar-refractivity contribution in [3.8, 4) is 17.3 Å². The Kier molecular flexibility index (Phi) is 4.21. The molecule has 7 rings (SSSR count). The molecule has 1 unspecified atom stereocenters. The number of pyridine rings is 1. The Morgan fingerprint density at radius 2 is 1.76 bits per heavy atom. The molecule has 0 amide bonds. The SMILES string of the molecule is [2H]C([2H])([2H])N1C=C(c2cccc(Oc3ccc4c5ccccc5n(-c5cc(C)ccn5)c4c3)c2)N2C=CC=CC21. The zero-order chi connectivity index (χ0) is 27.4. The number of allylic oxidation sites excluding steroid dienone is 2. The van der Waals surface area contributed by atoms with E-state index in [0.717, 1.165) is 44.4 Å². The van der Waals surface area contributed by atoms with E-state index in [1.807, 2.05) is 84.1 Å². The molecule has 0 saturated carbocycles. The lowest BCUT2D eigenvalue weighted by molar-refractivity contribution is 0.282. The molecule has 2 aromatic heterocycles. The maximum Gasteiger partial charge on any atom is 0.137 e. The highest BCUT2D eigenvalue weighted by Crippen LogP contribution is 2.37. The minimum Gasteiger partial charge on any atom is -0.457 e. The highest BCUT2D eigenvalue weighted by molar-refractivity contribution is 6.09. The Hall–Kier alpha value is -4.77. The molecular weight excluding hydrogens is 456 g/mol. The van der Waals surface area contributed by atoms with Gasteiger partial charge in [0.2, 0.25) is 0 Å². The minimum atomic E-state index is -2.26. The molecule has 4 heterocycles. The summed E-state index contributed by atoms with van der Waals surface area (Å²) in [5.41, 5.74) is 4.90. The fourth-order valence-corrected chi connectivity index (χ4v) is 5.19. The van der Waals surface area contributed by atoms with Crippen LogP contribution < -0.4 is 4.74 Å². The molecule has 0 aliphatic carbocycles. The van der Waals surface area contributed by atoms with Crippen molar-refractivity contribution in [3.63, 3.8) is 0 Å². The van der Waals surface area contributed by atoms with Crippen molar-refractivity contribution in [1.29, 1.82) is 0 Å². The maximum atomic E-state index is 7.99. The predicted octanol–water partition coefficient (Wildman–Crippen LogP) is 7.23. The quantitative estimate of drug-likeness (QED) is 0.269. The largest absolute Gasteiger partial charge is 0.457 e. The summed E-state index contributed by atoms with van der Waals surface area (Å²) in [5.74, 6) is 2.22. The van der Waals surface area contributed by atoms with Gasteiger partial charge in [0.1, 0.15) is 23.5 Å². The number of hydrogen-bond acceptors (Lipinski definition) is 4. The van der Waals surface area contributed by atoms with Crippen molar-refractivity contribution >= 4 is 27.5 Å². The molecule has 5 aromatic rings. The Bertz CT molecular complexity index is 1870. The Labute approximate surface area is 220 Å². The summed E-state index contributed by atoms with van der Waals surface area (Å²) in [6.07, 6.45) is 10.7. The van der Waals surface area contributed by atoms with Gasteiger partial charge in [-0.3, -0.25) is 4.57 Å². The lowest BCUT2D eigenvalue weighted by Crippen LogP contribution is -2.33. The van der Waals surface area contributed by atoms with Crippen molar-refractivity contribution in [2.75, 3.05) is 6.98 Å². The number of nitrogens with zero attached hydrogens (tertiary/aromatic N) is 4. The van der Waals surface area contributed by atoms with Crippen LogP contribution in [-0.4, -0.2) is 32.5 Å². The summed E-state index contributed by atoms with van der Waals surface area (Å²) < 4.78 is 32.5. The lowest BCUT2D eigenvalue weighted by atomic mass is 10.1. The van der Waals surface area contributed by atoms with E-state index in [4.69, 9.17) is 8.85 Å². The normalized spacial score (nSPS) is 18.0. The molecule has 0 saturated heterocycles. The molecule has 0 radical (unpaired) electrons. The van der Waals surface area contributed by atoms with Crippen molar-refractivity contribution < 1.29 is 8.85 Å². The zero-order valence-corrected chi connectivity index (χ0v) is 20.2. The van der Waals surface area contributed by atoms with Gasteiger partial charge in [0.05, 0.1) is 16.7 Å². The van der Waals surface area contributed by atoms with E-state index in [1.54, 1.807) is 6.20 Å². The first kappa shape index (κ1) is 18.5. The summed E-state index contributed by atoms with van der Waals surface area (Å²) in [4.78, 5) is 8.03. The number of benzene rings is 3. The number of aromatic nitrogens is 2. The first-order valence-corrected chi connectivity index (χ1v) is 12.2. The number of likely N-dealkylation sites (N-methyl/N-ethyl adjacent to an activating group) is 1. The third kappa shape index (κ3) is 3.59. The van der Waals surface area contributed by atoms with E-state index in [-0.39, 0.29) is 0 Å². The second-order valence-electron chi connectivity index (χ2n) is 9.32. The molecule has 0 spiro atoms. The van der Waals surface area contributed by atoms with Gasteiger partial charge >= 0.3 is 0 Å². The second kappa shape index (κ2) is 8.42.